The number of nitriles is 1. The van der Waals surface area contributed by atoms with Gasteiger partial charge in [-0.1, -0.05) is 54.8 Å². The van der Waals surface area contributed by atoms with Gasteiger partial charge in [0.05, 0.1) is 0 Å². The molecule has 2 aromatic carbocycles. The average molecular weight is 360 g/mol. The molecule has 0 aliphatic heterocycles. The Morgan fingerprint density at radius 1 is 1.22 bits per heavy atom. The molecular formula is C23H24N2O2. The molecule has 3 rings (SSSR count). The molecule has 4 heteroatoms. The van der Waals surface area contributed by atoms with Crippen molar-refractivity contribution in [1.82, 2.24) is 5.32 Å². The van der Waals surface area contributed by atoms with Gasteiger partial charge in [-0.15, -0.1) is 0 Å². The minimum absolute atomic E-state index is 0.135. The number of rotatable bonds is 6. The molecule has 1 fully saturated rings. The maximum atomic E-state index is 12.3. The van der Waals surface area contributed by atoms with E-state index >= 15 is 0 Å². The van der Waals surface area contributed by atoms with Crippen LogP contribution < -0.4 is 10.1 Å². The van der Waals surface area contributed by atoms with Crippen LogP contribution in [-0.4, -0.2) is 11.9 Å². The highest BCUT2D eigenvalue weighted by atomic mass is 16.5. The Labute approximate surface area is 160 Å². The molecule has 0 radical (unpaired) electrons. The molecule has 0 bridgehead atoms. The standard InChI is InChI=1S/C23H24N2O2/c1-17-5-4-6-19(13-17)16-27-22-11-9-18(10-12-22)14-20(15-24)23(26)25-21-7-2-3-8-21/h4-6,9-14,21H,2-3,7-8,16H2,1H3,(H,25,26)/b20-14-. The van der Waals surface area contributed by atoms with E-state index in [-0.39, 0.29) is 17.5 Å². The summed E-state index contributed by atoms with van der Waals surface area (Å²) in [6.07, 6.45) is 5.89. The smallest absolute Gasteiger partial charge is 0.262 e. The molecule has 1 aliphatic rings. The fourth-order valence-electron chi connectivity index (χ4n) is 3.28. The number of hydrogen-bond acceptors (Lipinski definition) is 3. The van der Waals surface area contributed by atoms with E-state index < -0.39 is 0 Å². The fraction of sp³-hybridized carbons (Fsp3) is 0.304. The van der Waals surface area contributed by atoms with Crippen molar-refractivity contribution < 1.29 is 9.53 Å². The molecule has 0 unspecified atom stereocenters. The number of carbonyl (C=O) groups excluding carboxylic acids is 1. The Morgan fingerprint density at radius 3 is 2.63 bits per heavy atom. The van der Waals surface area contributed by atoms with E-state index in [0.717, 1.165) is 42.6 Å². The molecule has 0 aromatic heterocycles. The summed E-state index contributed by atoms with van der Waals surface area (Å²) in [4.78, 5) is 12.3. The minimum atomic E-state index is -0.288. The van der Waals surface area contributed by atoms with E-state index in [0.29, 0.717) is 6.61 Å². The summed E-state index contributed by atoms with van der Waals surface area (Å²) < 4.78 is 5.80. The summed E-state index contributed by atoms with van der Waals surface area (Å²) in [5.74, 6) is 0.465. The lowest BCUT2D eigenvalue weighted by atomic mass is 10.1. The van der Waals surface area contributed by atoms with Crippen LogP contribution in [-0.2, 0) is 11.4 Å². The highest BCUT2D eigenvalue weighted by Crippen LogP contribution is 2.19. The average Bonchev–Trinajstić information content (AvgIpc) is 3.18. The van der Waals surface area contributed by atoms with Crippen molar-refractivity contribution in [1.29, 1.82) is 5.26 Å². The first-order chi connectivity index (χ1) is 13.1. The minimum Gasteiger partial charge on any atom is -0.489 e. The summed E-state index contributed by atoms with van der Waals surface area (Å²) in [5.41, 5.74) is 3.26. The lowest BCUT2D eigenvalue weighted by Gasteiger charge is -2.11. The summed E-state index contributed by atoms with van der Waals surface area (Å²) in [6.45, 7) is 2.56. The normalized spacial score (nSPS) is 14.6. The van der Waals surface area contributed by atoms with Crippen LogP contribution in [0.25, 0.3) is 6.08 Å². The third-order valence-corrected chi connectivity index (χ3v) is 4.73. The van der Waals surface area contributed by atoms with E-state index in [1.807, 2.05) is 42.5 Å². The van der Waals surface area contributed by atoms with E-state index in [4.69, 9.17) is 4.74 Å². The summed E-state index contributed by atoms with van der Waals surface area (Å²) in [5, 5.41) is 12.3. The van der Waals surface area contributed by atoms with Gasteiger partial charge in [0.2, 0.25) is 0 Å². The Kier molecular flexibility index (Phi) is 6.27. The molecule has 0 atom stereocenters. The van der Waals surface area contributed by atoms with E-state index in [1.165, 1.54) is 5.56 Å². The van der Waals surface area contributed by atoms with Gasteiger partial charge in [-0.25, -0.2) is 0 Å². The van der Waals surface area contributed by atoms with Gasteiger partial charge in [0.1, 0.15) is 24.0 Å². The predicted octanol–water partition coefficient (Wildman–Crippen LogP) is 4.54. The molecule has 1 aliphatic carbocycles. The van der Waals surface area contributed by atoms with E-state index in [9.17, 15) is 10.1 Å². The second-order valence-corrected chi connectivity index (χ2v) is 6.97. The van der Waals surface area contributed by atoms with Gasteiger partial charge in [-0.3, -0.25) is 4.79 Å². The van der Waals surface area contributed by atoms with Gasteiger partial charge in [-0.2, -0.15) is 5.26 Å². The number of hydrogen-bond donors (Lipinski definition) is 1. The Hall–Kier alpha value is -3.06. The van der Waals surface area contributed by atoms with Crippen molar-refractivity contribution in [3.63, 3.8) is 0 Å². The van der Waals surface area contributed by atoms with E-state index in [2.05, 4.69) is 24.4 Å². The van der Waals surface area contributed by atoms with Crippen molar-refractivity contribution in [2.75, 3.05) is 0 Å². The van der Waals surface area contributed by atoms with Crippen LogP contribution >= 0.6 is 0 Å². The van der Waals surface area contributed by atoms with Gasteiger partial charge in [-0.05, 0) is 49.1 Å². The third-order valence-electron chi connectivity index (χ3n) is 4.73. The molecule has 1 amide bonds. The van der Waals surface area contributed by atoms with Crippen LogP contribution in [0.5, 0.6) is 5.75 Å². The van der Waals surface area contributed by atoms with Gasteiger partial charge >= 0.3 is 0 Å². The van der Waals surface area contributed by atoms with Crippen LogP contribution in [0.1, 0.15) is 42.4 Å². The summed E-state index contributed by atoms with van der Waals surface area (Å²) in [7, 11) is 0. The van der Waals surface area contributed by atoms with Crippen molar-refractivity contribution in [2.24, 2.45) is 0 Å². The molecule has 2 aromatic rings. The molecule has 0 heterocycles. The van der Waals surface area contributed by atoms with Crippen LogP contribution in [0.3, 0.4) is 0 Å². The zero-order valence-corrected chi connectivity index (χ0v) is 15.6. The molecule has 138 valence electrons. The SMILES string of the molecule is Cc1cccc(COc2ccc(/C=C(/C#N)C(=O)NC3CCCC3)cc2)c1. The quantitative estimate of drug-likeness (QED) is 0.608. The van der Waals surface area contributed by atoms with Gasteiger partial charge in [0.15, 0.2) is 0 Å². The number of ether oxygens (including phenoxy) is 1. The van der Waals surface area contributed by atoms with Crippen molar-refractivity contribution in [3.05, 3.63) is 70.8 Å². The molecule has 4 nitrogen and oxygen atoms in total. The zero-order valence-electron chi connectivity index (χ0n) is 15.6. The number of aryl methyl sites for hydroxylation is 1. The van der Waals surface area contributed by atoms with Crippen molar-refractivity contribution in [3.8, 4) is 11.8 Å². The van der Waals surface area contributed by atoms with Crippen LogP contribution in [0.4, 0.5) is 0 Å². The Morgan fingerprint density at radius 2 is 1.96 bits per heavy atom. The summed E-state index contributed by atoms with van der Waals surface area (Å²) >= 11 is 0. The molecule has 0 saturated heterocycles. The topological polar surface area (TPSA) is 62.1 Å². The Balaban J connectivity index is 1.60. The van der Waals surface area contributed by atoms with E-state index in [1.54, 1.807) is 6.08 Å². The third kappa shape index (κ3) is 5.46. The van der Waals surface area contributed by atoms with Crippen molar-refractivity contribution in [2.45, 2.75) is 45.3 Å². The molecule has 1 N–H and O–H groups in total. The largest absolute Gasteiger partial charge is 0.489 e. The molecular weight excluding hydrogens is 336 g/mol. The highest BCUT2D eigenvalue weighted by Gasteiger charge is 2.19. The highest BCUT2D eigenvalue weighted by molar-refractivity contribution is 6.01. The van der Waals surface area contributed by atoms with Crippen molar-refractivity contribution >= 4 is 12.0 Å². The van der Waals surface area contributed by atoms with Crippen LogP contribution in [0.2, 0.25) is 0 Å². The monoisotopic (exact) mass is 360 g/mol. The second-order valence-electron chi connectivity index (χ2n) is 6.97. The first kappa shape index (κ1) is 18.7. The van der Waals surface area contributed by atoms with Gasteiger partial charge in [0.25, 0.3) is 5.91 Å². The number of nitrogens with zero attached hydrogens (tertiary/aromatic N) is 1. The first-order valence-electron chi connectivity index (χ1n) is 9.35. The number of carbonyl (C=O) groups is 1. The number of benzene rings is 2. The second kappa shape index (κ2) is 9.05. The summed E-state index contributed by atoms with van der Waals surface area (Å²) in [6, 6.07) is 17.8. The molecule has 1 saturated carbocycles. The maximum Gasteiger partial charge on any atom is 0.262 e. The maximum absolute atomic E-state index is 12.3. The fourth-order valence-corrected chi connectivity index (χ4v) is 3.28. The van der Waals surface area contributed by atoms with Gasteiger partial charge in [0, 0.05) is 6.04 Å². The zero-order chi connectivity index (χ0) is 19.1. The lowest BCUT2D eigenvalue weighted by Crippen LogP contribution is -2.33. The number of amides is 1. The van der Waals surface area contributed by atoms with Gasteiger partial charge < -0.3 is 10.1 Å². The Bertz CT molecular complexity index is 857. The molecule has 27 heavy (non-hydrogen) atoms. The first-order valence-corrected chi connectivity index (χ1v) is 9.35. The predicted molar refractivity (Wildman–Crippen MR) is 106 cm³/mol. The molecule has 0 spiro atoms. The lowest BCUT2D eigenvalue weighted by molar-refractivity contribution is -0.117. The van der Waals surface area contributed by atoms with Crippen LogP contribution in [0.15, 0.2) is 54.1 Å². The van der Waals surface area contributed by atoms with Crippen LogP contribution in [0, 0.1) is 18.3 Å². The number of nitrogens with one attached hydrogen (secondary N) is 1.